The van der Waals surface area contributed by atoms with Crippen LogP contribution in [0.5, 0.6) is 0 Å². The lowest BCUT2D eigenvalue weighted by atomic mass is 9.97. The highest BCUT2D eigenvalue weighted by Gasteiger charge is 2.21. The molecule has 4 heteroatoms. The highest BCUT2D eigenvalue weighted by Crippen LogP contribution is 2.27. The molecule has 4 nitrogen and oxygen atoms in total. The fraction of sp³-hybridized carbons (Fsp3) is 0.562. The highest BCUT2D eigenvalue weighted by atomic mass is 16.1. The van der Waals surface area contributed by atoms with Gasteiger partial charge >= 0.3 is 0 Å². The Morgan fingerprint density at radius 1 is 1.40 bits per heavy atom. The molecule has 1 saturated heterocycles. The minimum Gasteiger partial charge on any atom is -0.374 e. The molecule has 0 unspecified atom stereocenters. The molecule has 0 aromatic heterocycles. The largest absolute Gasteiger partial charge is 0.374 e. The molecule has 0 saturated carbocycles. The first-order valence-corrected chi connectivity index (χ1v) is 7.55. The fourth-order valence-electron chi connectivity index (χ4n) is 3.15. The van der Waals surface area contributed by atoms with Crippen LogP contribution in [0.4, 0.5) is 5.69 Å². The second kappa shape index (κ2) is 5.83. The van der Waals surface area contributed by atoms with Crippen LogP contribution in [0.1, 0.15) is 24.0 Å². The van der Waals surface area contributed by atoms with Crippen LogP contribution in [-0.4, -0.2) is 32.6 Å². The molecule has 1 amide bonds. The van der Waals surface area contributed by atoms with E-state index < -0.39 is 0 Å². The molecule has 108 valence electrons. The van der Waals surface area contributed by atoms with Gasteiger partial charge in [-0.2, -0.15) is 0 Å². The van der Waals surface area contributed by atoms with Crippen molar-refractivity contribution in [2.75, 3.05) is 31.6 Å². The molecule has 0 aliphatic carbocycles. The van der Waals surface area contributed by atoms with Crippen LogP contribution in [-0.2, 0) is 17.8 Å². The summed E-state index contributed by atoms with van der Waals surface area (Å²) in [6.07, 6.45) is 3.03. The van der Waals surface area contributed by atoms with E-state index in [1.165, 1.54) is 16.8 Å². The lowest BCUT2D eigenvalue weighted by Crippen LogP contribution is -2.37. The summed E-state index contributed by atoms with van der Waals surface area (Å²) in [6, 6.07) is 6.54. The van der Waals surface area contributed by atoms with Gasteiger partial charge in [-0.3, -0.25) is 4.79 Å². The normalized spacial score (nSPS) is 18.9. The maximum absolute atomic E-state index is 12.1. The van der Waals surface area contributed by atoms with E-state index in [2.05, 4.69) is 40.8 Å². The van der Waals surface area contributed by atoms with Crippen molar-refractivity contribution in [2.45, 2.75) is 25.8 Å². The Morgan fingerprint density at radius 3 is 3.00 bits per heavy atom. The van der Waals surface area contributed by atoms with E-state index in [4.69, 9.17) is 0 Å². The fourth-order valence-corrected chi connectivity index (χ4v) is 3.15. The van der Waals surface area contributed by atoms with Crippen molar-refractivity contribution in [3.8, 4) is 0 Å². The SMILES string of the molecule is CN1CCc2cc(CNC(=O)C3CCNCC3)ccc21. The maximum atomic E-state index is 12.1. The van der Waals surface area contributed by atoms with E-state index in [1.54, 1.807) is 0 Å². The van der Waals surface area contributed by atoms with Gasteiger partial charge in [0.05, 0.1) is 0 Å². The molecule has 20 heavy (non-hydrogen) atoms. The maximum Gasteiger partial charge on any atom is 0.223 e. The Bertz CT molecular complexity index is 494. The van der Waals surface area contributed by atoms with Gasteiger partial charge in [0.1, 0.15) is 0 Å². The van der Waals surface area contributed by atoms with E-state index in [1.807, 2.05) is 0 Å². The topological polar surface area (TPSA) is 44.4 Å². The summed E-state index contributed by atoms with van der Waals surface area (Å²) in [5.74, 6) is 0.404. The molecule has 0 spiro atoms. The first-order valence-electron chi connectivity index (χ1n) is 7.55. The molecular weight excluding hydrogens is 250 g/mol. The van der Waals surface area contributed by atoms with Gasteiger partial charge in [0.25, 0.3) is 0 Å². The Balaban J connectivity index is 1.57. The van der Waals surface area contributed by atoms with E-state index in [0.29, 0.717) is 6.54 Å². The molecule has 2 heterocycles. The predicted molar refractivity (Wildman–Crippen MR) is 80.9 cm³/mol. The number of piperidine rings is 1. The first-order chi connectivity index (χ1) is 9.74. The van der Waals surface area contributed by atoms with Gasteiger partial charge in [-0.25, -0.2) is 0 Å². The summed E-state index contributed by atoms with van der Waals surface area (Å²) in [5, 5.41) is 6.38. The predicted octanol–water partition coefficient (Wildman–Crippen LogP) is 1.29. The molecule has 1 fully saturated rings. The summed E-state index contributed by atoms with van der Waals surface area (Å²) >= 11 is 0. The minimum atomic E-state index is 0.191. The zero-order chi connectivity index (χ0) is 13.9. The minimum absolute atomic E-state index is 0.191. The highest BCUT2D eigenvalue weighted by molar-refractivity contribution is 5.78. The smallest absolute Gasteiger partial charge is 0.223 e. The molecule has 0 radical (unpaired) electrons. The van der Waals surface area contributed by atoms with Crippen molar-refractivity contribution in [1.82, 2.24) is 10.6 Å². The Morgan fingerprint density at radius 2 is 2.20 bits per heavy atom. The molecule has 1 aromatic carbocycles. The average Bonchev–Trinajstić information content (AvgIpc) is 2.87. The first kappa shape index (κ1) is 13.4. The van der Waals surface area contributed by atoms with Crippen LogP contribution < -0.4 is 15.5 Å². The van der Waals surface area contributed by atoms with Gasteiger partial charge in [-0.15, -0.1) is 0 Å². The third kappa shape index (κ3) is 2.80. The third-order valence-electron chi connectivity index (χ3n) is 4.45. The van der Waals surface area contributed by atoms with Crippen LogP contribution in [0.3, 0.4) is 0 Å². The van der Waals surface area contributed by atoms with Crippen LogP contribution in [0, 0.1) is 5.92 Å². The van der Waals surface area contributed by atoms with Crippen molar-refractivity contribution in [2.24, 2.45) is 5.92 Å². The van der Waals surface area contributed by atoms with E-state index >= 15 is 0 Å². The van der Waals surface area contributed by atoms with Gasteiger partial charge in [0.15, 0.2) is 0 Å². The summed E-state index contributed by atoms with van der Waals surface area (Å²) in [4.78, 5) is 14.4. The number of likely N-dealkylation sites (N-methyl/N-ethyl adjacent to an activating group) is 1. The standard InChI is InChI=1S/C16H23N3O/c1-19-9-6-14-10-12(2-3-15(14)19)11-18-16(20)13-4-7-17-8-5-13/h2-3,10,13,17H,4-9,11H2,1H3,(H,18,20). The number of fused-ring (bicyclic) bond motifs is 1. The van der Waals surface area contributed by atoms with E-state index in [0.717, 1.165) is 38.9 Å². The van der Waals surface area contributed by atoms with Crippen LogP contribution in [0.2, 0.25) is 0 Å². The molecule has 3 rings (SSSR count). The van der Waals surface area contributed by atoms with Crippen molar-refractivity contribution in [3.05, 3.63) is 29.3 Å². The molecule has 0 atom stereocenters. The van der Waals surface area contributed by atoms with Crippen molar-refractivity contribution < 1.29 is 4.79 Å². The number of rotatable bonds is 3. The van der Waals surface area contributed by atoms with Crippen LogP contribution in [0.25, 0.3) is 0 Å². The van der Waals surface area contributed by atoms with Crippen LogP contribution >= 0.6 is 0 Å². The van der Waals surface area contributed by atoms with Gasteiger partial charge in [0, 0.05) is 31.7 Å². The zero-order valence-corrected chi connectivity index (χ0v) is 12.1. The number of carbonyl (C=O) groups excluding carboxylic acids is 1. The number of hydrogen-bond donors (Lipinski definition) is 2. The second-order valence-electron chi connectivity index (χ2n) is 5.88. The number of hydrogen-bond acceptors (Lipinski definition) is 3. The molecule has 0 bridgehead atoms. The third-order valence-corrected chi connectivity index (χ3v) is 4.45. The van der Waals surface area contributed by atoms with E-state index in [9.17, 15) is 4.79 Å². The number of nitrogens with zero attached hydrogens (tertiary/aromatic N) is 1. The second-order valence-corrected chi connectivity index (χ2v) is 5.88. The lowest BCUT2D eigenvalue weighted by Gasteiger charge is -2.21. The number of nitrogens with one attached hydrogen (secondary N) is 2. The summed E-state index contributed by atoms with van der Waals surface area (Å²) in [5.41, 5.74) is 3.95. The van der Waals surface area contributed by atoms with Crippen molar-refractivity contribution in [1.29, 1.82) is 0 Å². The number of anilines is 1. The lowest BCUT2D eigenvalue weighted by molar-refractivity contribution is -0.125. The molecular formula is C16H23N3O. The van der Waals surface area contributed by atoms with Crippen molar-refractivity contribution >= 4 is 11.6 Å². The molecule has 2 N–H and O–H groups in total. The monoisotopic (exact) mass is 273 g/mol. The summed E-state index contributed by atoms with van der Waals surface area (Å²) < 4.78 is 0. The molecule has 1 aromatic rings. The van der Waals surface area contributed by atoms with Crippen molar-refractivity contribution in [3.63, 3.8) is 0 Å². The Labute approximate surface area is 120 Å². The van der Waals surface area contributed by atoms with Gasteiger partial charge in [0.2, 0.25) is 5.91 Å². The summed E-state index contributed by atoms with van der Waals surface area (Å²) in [6.45, 7) is 3.67. The average molecular weight is 273 g/mol. The van der Waals surface area contributed by atoms with Gasteiger partial charge in [-0.05, 0) is 49.5 Å². The Kier molecular flexibility index (Phi) is 3.92. The van der Waals surface area contributed by atoms with E-state index in [-0.39, 0.29) is 11.8 Å². The molecule has 2 aliphatic heterocycles. The quantitative estimate of drug-likeness (QED) is 0.872. The summed E-state index contributed by atoms with van der Waals surface area (Å²) in [7, 11) is 2.13. The van der Waals surface area contributed by atoms with Gasteiger partial charge < -0.3 is 15.5 Å². The van der Waals surface area contributed by atoms with Gasteiger partial charge in [-0.1, -0.05) is 12.1 Å². The van der Waals surface area contributed by atoms with Crippen LogP contribution in [0.15, 0.2) is 18.2 Å². The number of carbonyl (C=O) groups is 1. The zero-order valence-electron chi connectivity index (χ0n) is 12.1. The molecule has 2 aliphatic rings. The number of amides is 1. The Hall–Kier alpha value is -1.55. The number of benzene rings is 1.